The molecule has 1 fully saturated rings. The Morgan fingerprint density at radius 2 is 2.28 bits per heavy atom. The lowest BCUT2D eigenvalue weighted by Gasteiger charge is -2.09. The van der Waals surface area contributed by atoms with Gasteiger partial charge in [-0.05, 0) is 12.8 Å². The van der Waals surface area contributed by atoms with Crippen molar-refractivity contribution in [3.05, 3.63) is 23.3 Å². The van der Waals surface area contributed by atoms with E-state index in [9.17, 15) is 13.2 Å². The summed E-state index contributed by atoms with van der Waals surface area (Å²) in [4.78, 5) is 19.1. The lowest BCUT2D eigenvalue weighted by Crippen LogP contribution is -2.12. The fourth-order valence-corrected chi connectivity index (χ4v) is 3.82. The number of aromatic nitrogens is 2. The molecule has 1 aromatic rings. The number of carboxylic acid groups (broad SMARTS) is 1. The van der Waals surface area contributed by atoms with Crippen LogP contribution in [0.1, 0.15) is 41.1 Å². The molecule has 18 heavy (non-hydrogen) atoms. The third kappa shape index (κ3) is 2.50. The van der Waals surface area contributed by atoms with E-state index in [2.05, 4.69) is 9.97 Å². The number of rotatable bonds is 3. The van der Waals surface area contributed by atoms with Crippen LogP contribution in [0.15, 0.2) is 6.20 Å². The fraction of sp³-hybridized carbons (Fsp3) is 0.545. The first-order valence-corrected chi connectivity index (χ1v) is 7.54. The number of sulfone groups is 1. The minimum atomic E-state index is -2.99. The van der Waals surface area contributed by atoms with Gasteiger partial charge in [-0.15, -0.1) is 0 Å². The van der Waals surface area contributed by atoms with E-state index in [4.69, 9.17) is 5.11 Å². The van der Waals surface area contributed by atoms with E-state index in [-0.39, 0.29) is 23.0 Å². The average molecular weight is 270 g/mol. The summed E-state index contributed by atoms with van der Waals surface area (Å²) in [5.41, 5.74) is 0.541. The molecule has 1 saturated heterocycles. The molecule has 0 amide bonds. The summed E-state index contributed by atoms with van der Waals surface area (Å²) in [6.45, 7) is 1.81. The average Bonchev–Trinajstić information content (AvgIpc) is 2.68. The molecule has 1 atom stereocenters. The Morgan fingerprint density at radius 3 is 2.78 bits per heavy atom. The third-order valence-electron chi connectivity index (χ3n) is 3.05. The van der Waals surface area contributed by atoms with E-state index in [1.165, 1.54) is 6.20 Å². The van der Waals surface area contributed by atoms with Gasteiger partial charge in [-0.1, -0.05) is 6.92 Å². The molecule has 2 heterocycles. The maximum Gasteiger partial charge on any atom is 0.339 e. The van der Waals surface area contributed by atoms with Crippen LogP contribution in [0.2, 0.25) is 0 Å². The van der Waals surface area contributed by atoms with E-state index >= 15 is 0 Å². The Morgan fingerprint density at radius 1 is 1.56 bits per heavy atom. The Bertz CT molecular complexity index is 583. The van der Waals surface area contributed by atoms with Gasteiger partial charge in [0.25, 0.3) is 0 Å². The first-order chi connectivity index (χ1) is 8.43. The molecular formula is C11H14N2O4S. The van der Waals surface area contributed by atoms with Crippen LogP contribution < -0.4 is 0 Å². The zero-order valence-electron chi connectivity index (χ0n) is 9.96. The molecule has 2 rings (SSSR count). The minimum Gasteiger partial charge on any atom is -0.478 e. The maximum absolute atomic E-state index is 11.4. The molecular weight excluding hydrogens is 256 g/mol. The van der Waals surface area contributed by atoms with Gasteiger partial charge in [0.15, 0.2) is 9.84 Å². The van der Waals surface area contributed by atoms with Gasteiger partial charge in [-0.25, -0.2) is 23.2 Å². The zero-order chi connectivity index (χ0) is 13.3. The van der Waals surface area contributed by atoms with Crippen molar-refractivity contribution in [1.82, 2.24) is 9.97 Å². The highest BCUT2D eigenvalue weighted by Crippen LogP contribution is 2.26. The van der Waals surface area contributed by atoms with Crippen LogP contribution in [-0.2, 0) is 16.3 Å². The van der Waals surface area contributed by atoms with Crippen molar-refractivity contribution in [1.29, 1.82) is 0 Å². The fourth-order valence-electron chi connectivity index (χ4n) is 2.08. The molecule has 98 valence electrons. The SMILES string of the molecule is CCc1nc(C2CCS(=O)(=O)C2)ncc1C(=O)O. The molecule has 0 aromatic carbocycles. The Balaban J connectivity index is 2.34. The number of aryl methyl sites for hydroxylation is 1. The number of hydrogen-bond acceptors (Lipinski definition) is 5. The van der Waals surface area contributed by atoms with Gasteiger partial charge in [0.1, 0.15) is 5.82 Å². The van der Waals surface area contributed by atoms with Crippen LogP contribution in [0.5, 0.6) is 0 Å². The summed E-state index contributed by atoms with van der Waals surface area (Å²) in [6.07, 6.45) is 2.27. The summed E-state index contributed by atoms with van der Waals surface area (Å²) in [7, 11) is -2.99. The van der Waals surface area contributed by atoms with Crippen LogP contribution in [0.4, 0.5) is 0 Å². The van der Waals surface area contributed by atoms with E-state index in [1.54, 1.807) is 0 Å². The molecule has 0 saturated carbocycles. The monoisotopic (exact) mass is 270 g/mol. The highest BCUT2D eigenvalue weighted by molar-refractivity contribution is 7.91. The summed E-state index contributed by atoms with van der Waals surface area (Å²) < 4.78 is 22.8. The van der Waals surface area contributed by atoms with E-state index < -0.39 is 15.8 Å². The first-order valence-electron chi connectivity index (χ1n) is 5.72. The van der Waals surface area contributed by atoms with Crippen LogP contribution in [-0.4, -0.2) is 41.0 Å². The van der Waals surface area contributed by atoms with Crippen LogP contribution >= 0.6 is 0 Å². The van der Waals surface area contributed by atoms with Crippen molar-refractivity contribution in [3.63, 3.8) is 0 Å². The van der Waals surface area contributed by atoms with Crippen molar-refractivity contribution in [2.45, 2.75) is 25.7 Å². The Labute approximate surface area is 105 Å². The van der Waals surface area contributed by atoms with Crippen molar-refractivity contribution in [2.75, 3.05) is 11.5 Å². The number of nitrogens with zero attached hydrogens (tertiary/aromatic N) is 2. The van der Waals surface area contributed by atoms with Gasteiger partial charge in [0.2, 0.25) is 0 Å². The number of hydrogen-bond donors (Lipinski definition) is 1. The lowest BCUT2D eigenvalue weighted by molar-refractivity contribution is 0.0694. The molecule has 1 unspecified atom stereocenters. The van der Waals surface area contributed by atoms with E-state index in [0.717, 1.165) is 0 Å². The van der Waals surface area contributed by atoms with Crippen molar-refractivity contribution in [3.8, 4) is 0 Å². The summed E-state index contributed by atoms with van der Waals surface area (Å²) >= 11 is 0. The van der Waals surface area contributed by atoms with Gasteiger partial charge < -0.3 is 5.11 Å². The lowest BCUT2D eigenvalue weighted by atomic mass is 10.1. The number of carboxylic acids is 1. The van der Waals surface area contributed by atoms with Crippen LogP contribution in [0.3, 0.4) is 0 Å². The molecule has 1 aliphatic rings. The van der Waals surface area contributed by atoms with Crippen LogP contribution in [0, 0.1) is 0 Å². The van der Waals surface area contributed by atoms with Crippen molar-refractivity contribution in [2.24, 2.45) is 0 Å². The van der Waals surface area contributed by atoms with Crippen LogP contribution in [0.25, 0.3) is 0 Å². The van der Waals surface area contributed by atoms with E-state index in [1.807, 2.05) is 6.92 Å². The zero-order valence-corrected chi connectivity index (χ0v) is 10.8. The topological polar surface area (TPSA) is 97.2 Å². The molecule has 1 aliphatic heterocycles. The second-order valence-corrected chi connectivity index (χ2v) is 6.58. The molecule has 1 aromatic heterocycles. The van der Waals surface area contributed by atoms with E-state index in [0.29, 0.717) is 24.4 Å². The maximum atomic E-state index is 11.4. The second kappa shape index (κ2) is 4.64. The standard InChI is InChI=1S/C11H14N2O4S/c1-2-9-8(11(14)15)5-12-10(13-9)7-3-4-18(16,17)6-7/h5,7H,2-4,6H2,1H3,(H,14,15). The second-order valence-electron chi connectivity index (χ2n) is 4.35. The quantitative estimate of drug-likeness (QED) is 0.865. The largest absolute Gasteiger partial charge is 0.478 e. The minimum absolute atomic E-state index is 0.0581. The number of aromatic carboxylic acids is 1. The molecule has 7 heteroatoms. The smallest absolute Gasteiger partial charge is 0.339 e. The van der Waals surface area contributed by atoms with Gasteiger partial charge in [0, 0.05) is 12.1 Å². The molecule has 0 bridgehead atoms. The highest BCUT2D eigenvalue weighted by Gasteiger charge is 2.31. The predicted molar refractivity (Wildman–Crippen MR) is 64.4 cm³/mol. The number of carbonyl (C=O) groups is 1. The van der Waals surface area contributed by atoms with Gasteiger partial charge >= 0.3 is 5.97 Å². The van der Waals surface area contributed by atoms with Crippen molar-refractivity contribution < 1.29 is 18.3 Å². The van der Waals surface area contributed by atoms with Gasteiger partial charge in [-0.2, -0.15) is 0 Å². The Kier molecular flexibility index (Phi) is 3.34. The molecule has 1 N–H and O–H groups in total. The summed E-state index contributed by atoms with van der Waals surface area (Å²) in [6, 6.07) is 0. The molecule has 0 aliphatic carbocycles. The predicted octanol–water partition coefficient (Wildman–Crippen LogP) is 0.639. The summed E-state index contributed by atoms with van der Waals surface area (Å²) in [5.74, 6) is -0.607. The van der Waals surface area contributed by atoms with Gasteiger partial charge in [0.05, 0.1) is 22.8 Å². The normalized spacial score (nSPS) is 21.9. The first kappa shape index (κ1) is 12.9. The molecule has 0 radical (unpaired) electrons. The third-order valence-corrected chi connectivity index (χ3v) is 4.82. The van der Waals surface area contributed by atoms with Crippen molar-refractivity contribution >= 4 is 15.8 Å². The summed E-state index contributed by atoms with van der Waals surface area (Å²) in [5, 5.41) is 8.96. The van der Waals surface area contributed by atoms with Gasteiger partial charge in [-0.3, -0.25) is 0 Å². The molecule has 0 spiro atoms. The molecule has 6 nitrogen and oxygen atoms in total. The highest BCUT2D eigenvalue weighted by atomic mass is 32.2. The Hall–Kier alpha value is -1.50.